The number of likely N-dealkylation sites (tertiary alicyclic amines) is 1. The Morgan fingerprint density at radius 3 is 2.91 bits per heavy atom. The van der Waals surface area contributed by atoms with E-state index in [1.165, 1.54) is 6.20 Å². The molecule has 180 valence electrons. The zero-order valence-corrected chi connectivity index (χ0v) is 19.3. The van der Waals surface area contributed by atoms with Crippen molar-refractivity contribution >= 4 is 29.4 Å². The summed E-state index contributed by atoms with van der Waals surface area (Å²) < 4.78 is 26.6. The Balaban J connectivity index is 1.41. The molecule has 1 saturated heterocycles. The monoisotopic (exact) mass is 468 g/mol. The third kappa shape index (κ3) is 4.25. The predicted molar refractivity (Wildman–Crippen MR) is 127 cm³/mol. The van der Waals surface area contributed by atoms with Crippen LogP contribution in [-0.4, -0.2) is 66.5 Å². The number of pyridine rings is 2. The topological polar surface area (TPSA) is 115 Å². The lowest BCUT2D eigenvalue weighted by atomic mass is 9.86. The molecule has 9 nitrogen and oxygen atoms in total. The largest absolute Gasteiger partial charge is 0.474 e. The molecule has 10 heteroatoms. The molecule has 1 aliphatic carbocycles. The average Bonchev–Trinajstić information content (AvgIpc) is 2.83. The molecule has 4 heterocycles. The molecule has 0 bridgehead atoms. The number of nitrogens with two attached hydrogens (primary N) is 1. The van der Waals surface area contributed by atoms with Crippen molar-refractivity contribution in [3.05, 3.63) is 40.0 Å². The molecule has 0 radical (unpaired) electrons. The highest BCUT2D eigenvalue weighted by molar-refractivity contribution is 5.83. The molecule has 2 aromatic heterocycles. The van der Waals surface area contributed by atoms with Gasteiger partial charge in [-0.1, -0.05) is 6.08 Å². The second kappa shape index (κ2) is 9.09. The number of amides is 1. The number of alkyl halides is 1. The van der Waals surface area contributed by atoms with Gasteiger partial charge in [-0.05, 0) is 49.2 Å². The first kappa shape index (κ1) is 22.4. The first-order chi connectivity index (χ1) is 16.4. The Hall–Kier alpha value is -3.40. The van der Waals surface area contributed by atoms with Gasteiger partial charge in [0.2, 0.25) is 5.88 Å². The van der Waals surface area contributed by atoms with Crippen molar-refractivity contribution in [2.75, 3.05) is 43.9 Å². The summed E-state index contributed by atoms with van der Waals surface area (Å²) in [5.74, 6) is 0.220. The molecule has 0 saturated carbocycles. The molecular formula is C24H29FN6O3. The van der Waals surface area contributed by atoms with Crippen LogP contribution >= 0.6 is 0 Å². The summed E-state index contributed by atoms with van der Waals surface area (Å²) in [6.45, 7) is 4.91. The van der Waals surface area contributed by atoms with Crippen molar-refractivity contribution in [2.45, 2.75) is 38.0 Å². The molecule has 1 amide bonds. The summed E-state index contributed by atoms with van der Waals surface area (Å²) in [5, 5.41) is 7.19. The Bertz CT molecular complexity index is 1230. The maximum absolute atomic E-state index is 15.4. The van der Waals surface area contributed by atoms with Crippen LogP contribution in [0.25, 0.3) is 11.8 Å². The fourth-order valence-corrected chi connectivity index (χ4v) is 4.75. The Morgan fingerprint density at radius 1 is 1.32 bits per heavy atom. The number of rotatable bonds is 3. The predicted octanol–water partition coefficient (Wildman–Crippen LogP) is 1.21. The van der Waals surface area contributed by atoms with E-state index in [1.807, 2.05) is 20.0 Å². The van der Waals surface area contributed by atoms with Gasteiger partial charge in [0.1, 0.15) is 24.2 Å². The van der Waals surface area contributed by atoms with Gasteiger partial charge in [0.15, 0.2) is 6.17 Å². The first-order valence-corrected chi connectivity index (χ1v) is 11.5. The lowest BCUT2D eigenvalue weighted by molar-refractivity contribution is 0.0661. The number of ether oxygens (including phenoxy) is 2. The number of hydrogen-bond donors (Lipinski definition) is 3. The highest BCUT2D eigenvalue weighted by Gasteiger charge is 2.30. The molecule has 2 aliphatic heterocycles. The molecule has 34 heavy (non-hydrogen) atoms. The number of halogens is 1. The number of hydrogen-bond acceptors (Lipinski definition) is 8. The molecule has 4 N–H and O–H groups in total. The first-order valence-electron chi connectivity index (χ1n) is 11.5. The van der Waals surface area contributed by atoms with Crippen molar-refractivity contribution in [2.24, 2.45) is 5.73 Å². The van der Waals surface area contributed by atoms with Gasteiger partial charge in [0, 0.05) is 43.2 Å². The van der Waals surface area contributed by atoms with Crippen LogP contribution in [0.5, 0.6) is 5.88 Å². The van der Waals surface area contributed by atoms with Gasteiger partial charge >= 0.3 is 6.09 Å². The van der Waals surface area contributed by atoms with Crippen LogP contribution < -0.4 is 31.5 Å². The zero-order chi connectivity index (χ0) is 23.8. The molecule has 5 rings (SSSR count). The number of carbonyl (C=O) groups excluding carboxylic acids is 1. The van der Waals surface area contributed by atoms with Crippen molar-refractivity contribution in [1.82, 2.24) is 14.9 Å². The number of aromatic nitrogens is 2. The van der Waals surface area contributed by atoms with E-state index in [9.17, 15) is 4.79 Å². The van der Waals surface area contributed by atoms with E-state index < -0.39 is 18.2 Å². The summed E-state index contributed by atoms with van der Waals surface area (Å²) in [5.41, 5.74) is 8.69. The molecule has 2 atom stereocenters. The highest BCUT2D eigenvalue weighted by atomic mass is 19.1. The third-order valence-corrected chi connectivity index (χ3v) is 6.73. The summed E-state index contributed by atoms with van der Waals surface area (Å²) in [6, 6.07) is 1.69. The normalized spacial score (nSPS) is 22.5. The average molecular weight is 469 g/mol. The lowest BCUT2D eigenvalue weighted by Crippen LogP contribution is -2.41. The number of nitrogens with one attached hydrogen (secondary N) is 2. The summed E-state index contributed by atoms with van der Waals surface area (Å²) >= 11 is 0. The van der Waals surface area contributed by atoms with Crippen LogP contribution in [0.1, 0.15) is 29.9 Å². The van der Waals surface area contributed by atoms with Gasteiger partial charge in [-0.25, -0.2) is 19.2 Å². The number of nitrogens with zero attached hydrogens (tertiary/aromatic N) is 3. The van der Waals surface area contributed by atoms with Crippen molar-refractivity contribution < 1.29 is 18.7 Å². The van der Waals surface area contributed by atoms with Crippen LogP contribution in [-0.2, 0) is 4.74 Å². The smallest absolute Gasteiger partial charge is 0.413 e. The second-order valence-electron chi connectivity index (χ2n) is 9.03. The van der Waals surface area contributed by atoms with Gasteiger partial charge in [0.05, 0.1) is 5.70 Å². The Kier molecular flexibility index (Phi) is 5.99. The van der Waals surface area contributed by atoms with Crippen LogP contribution in [0, 0.1) is 6.92 Å². The molecular weight excluding hydrogens is 439 g/mol. The van der Waals surface area contributed by atoms with Crippen molar-refractivity contribution in [3.63, 3.8) is 0 Å². The summed E-state index contributed by atoms with van der Waals surface area (Å²) in [7, 11) is 2.05. The van der Waals surface area contributed by atoms with Gasteiger partial charge in [0.25, 0.3) is 0 Å². The number of piperidine rings is 1. The van der Waals surface area contributed by atoms with Crippen LogP contribution in [0.4, 0.5) is 20.7 Å². The Morgan fingerprint density at radius 2 is 2.12 bits per heavy atom. The molecule has 0 spiro atoms. The second-order valence-corrected chi connectivity index (χ2v) is 9.03. The van der Waals surface area contributed by atoms with Crippen LogP contribution in [0.3, 0.4) is 0 Å². The molecule has 1 fully saturated rings. The molecule has 2 aromatic rings. The van der Waals surface area contributed by atoms with Gasteiger partial charge < -0.3 is 25.4 Å². The van der Waals surface area contributed by atoms with Gasteiger partial charge in [-0.2, -0.15) is 0 Å². The van der Waals surface area contributed by atoms with Crippen molar-refractivity contribution in [1.29, 1.82) is 0 Å². The van der Waals surface area contributed by atoms with E-state index in [2.05, 4.69) is 25.5 Å². The number of carbonyl (C=O) groups is 1. The van der Waals surface area contributed by atoms with E-state index in [1.54, 1.807) is 12.3 Å². The zero-order valence-electron chi connectivity index (χ0n) is 19.3. The lowest BCUT2D eigenvalue weighted by Gasteiger charge is -2.28. The van der Waals surface area contributed by atoms with Gasteiger partial charge in [-0.3, -0.25) is 5.32 Å². The minimum Gasteiger partial charge on any atom is -0.474 e. The van der Waals surface area contributed by atoms with Gasteiger partial charge in [-0.15, -0.1) is 0 Å². The minimum atomic E-state index is -1.43. The van der Waals surface area contributed by atoms with E-state index in [0.29, 0.717) is 35.3 Å². The van der Waals surface area contributed by atoms with Crippen LogP contribution in [0.15, 0.2) is 18.5 Å². The van der Waals surface area contributed by atoms with Crippen molar-refractivity contribution in [3.8, 4) is 5.88 Å². The maximum atomic E-state index is 15.4. The van der Waals surface area contributed by atoms with Crippen LogP contribution in [0.2, 0.25) is 0 Å². The van der Waals surface area contributed by atoms with E-state index in [4.69, 9.17) is 15.2 Å². The Labute approximate surface area is 196 Å². The van der Waals surface area contributed by atoms with E-state index in [-0.39, 0.29) is 11.8 Å². The third-order valence-electron chi connectivity index (χ3n) is 6.73. The summed E-state index contributed by atoms with van der Waals surface area (Å²) in [6.07, 6.45) is 4.46. The molecule has 3 aliphatic rings. The number of anilines is 2. The standard InChI is InChI=1S/C24H29FN6O3/c1-13-17(11-29-23-22(13)27-5-8-33-23)16-9-14-10-19(28-12-18(14)21(26)20(16)25)30-24(32)34-15-3-6-31(2)7-4-15/h9-12,15-16,20,27H,3-8,26H2,1-2H3,(H,30,32). The summed E-state index contributed by atoms with van der Waals surface area (Å²) in [4.78, 5) is 23.2. The SMILES string of the molecule is Cc1c(C2C=c3cc(NC(=O)OC4CCN(C)CC4)ncc3=C(N)C2F)cnc2c1NCCO2. The fraction of sp³-hybridized carbons (Fsp3) is 0.458. The molecule has 0 aromatic carbocycles. The fourth-order valence-electron chi connectivity index (χ4n) is 4.75. The molecule has 2 unspecified atom stereocenters. The highest BCUT2D eigenvalue weighted by Crippen LogP contribution is 2.37. The minimum absolute atomic E-state index is 0.108. The quantitative estimate of drug-likeness (QED) is 0.616. The van der Waals surface area contributed by atoms with E-state index >= 15 is 4.39 Å². The maximum Gasteiger partial charge on any atom is 0.413 e. The number of fused-ring (bicyclic) bond motifs is 2. The van der Waals surface area contributed by atoms with E-state index in [0.717, 1.165) is 42.7 Å².